The first-order valence-corrected chi connectivity index (χ1v) is 17.5. The number of carbonyl (C=O) groups is 1. The van der Waals surface area contributed by atoms with Gasteiger partial charge in [0, 0.05) is 74.8 Å². The van der Waals surface area contributed by atoms with Crippen LogP contribution in [-0.4, -0.2) is 116 Å². The van der Waals surface area contributed by atoms with Gasteiger partial charge in [-0.1, -0.05) is 6.92 Å². The molecule has 3 aliphatic heterocycles. The first-order valence-electron chi connectivity index (χ1n) is 15.4. The van der Waals surface area contributed by atoms with Crippen molar-refractivity contribution in [2.75, 3.05) is 74.7 Å². The zero-order valence-corrected chi connectivity index (χ0v) is 26.8. The molecular weight excluding hydrogens is 608 g/mol. The molecule has 2 aromatic carbocycles. The lowest BCUT2D eigenvalue weighted by atomic mass is 9.96. The number of amides is 1. The van der Waals surface area contributed by atoms with E-state index in [9.17, 15) is 18.5 Å². The van der Waals surface area contributed by atoms with Crippen molar-refractivity contribution in [3.05, 3.63) is 54.4 Å². The van der Waals surface area contributed by atoms with Gasteiger partial charge < -0.3 is 24.6 Å². The molecule has 3 fully saturated rings. The highest BCUT2D eigenvalue weighted by Crippen LogP contribution is 2.30. The molecule has 0 bridgehead atoms. The summed E-state index contributed by atoms with van der Waals surface area (Å²) in [7, 11) is -3.40. The van der Waals surface area contributed by atoms with E-state index >= 15 is 0 Å². The van der Waals surface area contributed by atoms with Gasteiger partial charge in [-0.2, -0.15) is 10.2 Å². The molecule has 4 heterocycles. The number of piperazine rings is 1. The fraction of sp³-hybridized carbons (Fsp3) is 0.469. The summed E-state index contributed by atoms with van der Waals surface area (Å²) < 4.78 is 34.7. The molecule has 0 aliphatic carbocycles. The molecular formula is C32H38N8O5S. The highest BCUT2D eigenvalue weighted by molar-refractivity contribution is 7.91. The van der Waals surface area contributed by atoms with Gasteiger partial charge in [-0.3, -0.25) is 9.69 Å². The lowest BCUT2D eigenvalue weighted by molar-refractivity contribution is -0.131. The van der Waals surface area contributed by atoms with Crippen LogP contribution in [0.25, 0.3) is 11.4 Å². The first-order chi connectivity index (χ1) is 22.1. The Morgan fingerprint density at radius 1 is 1.09 bits per heavy atom. The molecule has 3 saturated heterocycles. The summed E-state index contributed by atoms with van der Waals surface area (Å²) in [5, 5.41) is 13.2. The summed E-state index contributed by atoms with van der Waals surface area (Å²) >= 11 is 0. The van der Waals surface area contributed by atoms with Crippen LogP contribution < -0.4 is 15.0 Å². The summed E-state index contributed by atoms with van der Waals surface area (Å²) in [4.78, 5) is 32.0. The van der Waals surface area contributed by atoms with Crippen LogP contribution in [0.3, 0.4) is 0 Å². The molecule has 0 saturated carbocycles. The van der Waals surface area contributed by atoms with E-state index in [1.54, 1.807) is 23.1 Å². The summed E-state index contributed by atoms with van der Waals surface area (Å²) in [5.74, 6) is 0.290. The number of hydrogen-bond donors (Lipinski definition) is 1. The fourth-order valence-corrected chi connectivity index (χ4v) is 6.65. The third-order valence-electron chi connectivity index (χ3n) is 8.71. The van der Waals surface area contributed by atoms with Crippen molar-refractivity contribution in [3.63, 3.8) is 0 Å². The van der Waals surface area contributed by atoms with Crippen LogP contribution in [0.2, 0.25) is 0 Å². The molecule has 13 nitrogen and oxygen atoms in total. The van der Waals surface area contributed by atoms with Crippen LogP contribution in [-0.2, 0) is 19.4 Å². The largest absolute Gasteiger partial charge is 0.489 e. The number of carbonyl (C=O) groups excluding carboxylic acids is 1. The Balaban J connectivity index is 1.06. The van der Waals surface area contributed by atoms with Gasteiger partial charge in [-0.25, -0.2) is 18.4 Å². The summed E-state index contributed by atoms with van der Waals surface area (Å²) in [6, 6.07) is 16.2. The predicted octanol–water partition coefficient (Wildman–Crippen LogP) is 2.34. The number of nitrogens with one attached hydrogen (secondary N) is 1. The van der Waals surface area contributed by atoms with E-state index in [1.807, 2.05) is 19.1 Å². The van der Waals surface area contributed by atoms with Crippen molar-refractivity contribution in [2.45, 2.75) is 25.5 Å². The molecule has 242 valence electrons. The molecule has 0 radical (unpaired) electrons. The molecule has 3 aromatic rings. The van der Waals surface area contributed by atoms with E-state index in [0.29, 0.717) is 54.2 Å². The second-order valence-corrected chi connectivity index (χ2v) is 14.3. The normalized spacial score (nSPS) is 20.9. The van der Waals surface area contributed by atoms with Gasteiger partial charge in [-0.15, -0.1) is 0 Å². The topological polar surface area (TPSA) is 154 Å². The minimum absolute atomic E-state index is 0.0487. The van der Waals surface area contributed by atoms with Gasteiger partial charge in [0.15, 0.2) is 15.7 Å². The minimum atomic E-state index is -3.40. The second-order valence-electron chi connectivity index (χ2n) is 12.2. The van der Waals surface area contributed by atoms with Crippen LogP contribution in [0.1, 0.15) is 18.9 Å². The molecule has 6 rings (SSSR count). The molecule has 46 heavy (non-hydrogen) atoms. The Morgan fingerprint density at radius 2 is 1.85 bits per heavy atom. The third kappa shape index (κ3) is 7.55. The molecule has 2 atom stereocenters. The van der Waals surface area contributed by atoms with Crippen molar-refractivity contribution in [1.82, 2.24) is 24.8 Å². The number of benzene rings is 2. The Kier molecular flexibility index (Phi) is 9.34. The van der Waals surface area contributed by atoms with E-state index in [1.165, 1.54) is 12.0 Å². The van der Waals surface area contributed by atoms with Crippen molar-refractivity contribution >= 4 is 33.1 Å². The lowest BCUT2D eigenvalue weighted by Crippen LogP contribution is -2.56. The van der Waals surface area contributed by atoms with E-state index < -0.39 is 21.5 Å². The number of rotatable bonds is 9. The highest BCUT2D eigenvalue weighted by Gasteiger charge is 2.32. The second kappa shape index (κ2) is 13.6. The van der Waals surface area contributed by atoms with Gasteiger partial charge >= 0.3 is 0 Å². The highest BCUT2D eigenvalue weighted by atomic mass is 32.2. The monoisotopic (exact) mass is 646 g/mol. The summed E-state index contributed by atoms with van der Waals surface area (Å²) in [6.45, 7) is 8.47. The van der Waals surface area contributed by atoms with Crippen LogP contribution >= 0.6 is 0 Å². The van der Waals surface area contributed by atoms with Gasteiger partial charge in [0.2, 0.25) is 11.9 Å². The van der Waals surface area contributed by atoms with Gasteiger partial charge in [0.25, 0.3) is 0 Å². The smallest absolute Gasteiger partial charge is 0.237 e. The lowest BCUT2D eigenvalue weighted by Gasteiger charge is -2.43. The number of sulfone groups is 1. The quantitative estimate of drug-likeness (QED) is 0.363. The number of nitrogens with zero attached hydrogens (tertiary/aromatic N) is 7. The molecule has 14 heteroatoms. The third-order valence-corrected chi connectivity index (χ3v) is 9.48. The molecule has 1 amide bonds. The van der Waals surface area contributed by atoms with Crippen LogP contribution in [0.15, 0.2) is 48.8 Å². The standard InChI is InChI=1S/C32H38N8O5S/c1-22-17-40(30(41)20-46(2,42)43)10-9-28(22)45-29-8-3-23(15-24(29)16-33)31-34-21-35-32(37-31)36-25-4-6-26(7-5-25)38-11-13-39(14-12-38)27-18-44-19-27/h3-8,15,21-22,27-28H,9-14,17-20H2,1-2H3,(H,34,35,36,37)/t22-,28+/m1/s1. The van der Waals surface area contributed by atoms with Gasteiger partial charge in [0.1, 0.15) is 30.0 Å². The van der Waals surface area contributed by atoms with Crippen LogP contribution in [0.4, 0.5) is 17.3 Å². The number of ether oxygens (including phenoxy) is 2. The minimum Gasteiger partial charge on any atom is -0.489 e. The van der Waals surface area contributed by atoms with Crippen molar-refractivity contribution in [2.24, 2.45) is 5.92 Å². The van der Waals surface area contributed by atoms with Crippen molar-refractivity contribution in [1.29, 1.82) is 5.26 Å². The van der Waals surface area contributed by atoms with Crippen LogP contribution in [0, 0.1) is 17.2 Å². The maximum Gasteiger partial charge on any atom is 0.237 e. The molecule has 1 aromatic heterocycles. The average molecular weight is 647 g/mol. The van der Waals surface area contributed by atoms with E-state index in [4.69, 9.17) is 9.47 Å². The zero-order chi connectivity index (χ0) is 32.3. The molecule has 0 spiro atoms. The van der Waals surface area contributed by atoms with E-state index in [-0.39, 0.29) is 12.0 Å². The number of hydrogen-bond acceptors (Lipinski definition) is 12. The summed E-state index contributed by atoms with van der Waals surface area (Å²) in [6.07, 6.45) is 2.79. The van der Waals surface area contributed by atoms with Crippen LogP contribution in [0.5, 0.6) is 5.75 Å². The summed E-state index contributed by atoms with van der Waals surface area (Å²) in [5.41, 5.74) is 3.02. The van der Waals surface area contributed by atoms with Gasteiger partial charge in [-0.05, 0) is 42.5 Å². The predicted molar refractivity (Wildman–Crippen MR) is 173 cm³/mol. The first kappa shape index (κ1) is 31.7. The van der Waals surface area contributed by atoms with Crippen molar-refractivity contribution in [3.8, 4) is 23.2 Å². The fourth-order valence-electron chi connectivity index (χ4n) is 6.02. The molecule has 1 N–H and O–H groups in total. The number of aromatic nitrogens is 3. The number of anilines is 3. The van der Waals surface area contributed by atoms with Crippen molar-refractivity contribution < 1.29 is 22.7 Å². The SMILES string of the molecule is C[C@@H]1CN(C(=O)CS(C)(=O)=O)CC[C@@H]1Oc1ccc(-c2ncnc(Nc3ccc(N4CCN(C5COC5)CC4)cc3)n2)cc1C#N. The van der Waals surface area contributed by atoms with Gasteiger partial charge in [0.05, 0.1) is 24.8 Å². The number of nitriles is 1. The maximum absolute atomic E-state index is 12.4. The Labute approximate surface area is 269 Å². The Hall–Kier alpha value is -4.32. The molecule has 3 aliphatic rings. The number of piperidine rings is 1. The Morgan fingerprint density at radius 3 is 2.50 bits per heavy atom. The number of likely N-dealkylation sites (tertiary alicyclic amines) is 1. The zero-order valence-electron chi connectivity index (χ0n) is 26.0. The Bertz CT molecular complexity index is 1700. The van der Waals surface area contributed by atoms with E-state index in [2.05, 4.69) is 48.3 Å². The van der Waals surface area contributed by atoms with E-state index in [0.717, 1.165) is 51.3 Å². The average Bonchev–Trinajstić information content (AvgIpc) is 3.01. The maximum atomic E-state index is 12.4. The molecule has 0 unspecified atom stereocenters.